The van der Waals surface area contributed by atoms with Gasteiger partial charge in [0.25, 0.3) is 11.8 Å². The Morgan fingerprint density at radius 1 is 1.17 bits per heavy atom. The van der Waals surface area contributed by atoms with Crippen LogP contribution in [0.5, 0.6) is 5.75 Å². The molecule has 0 saturated carbocycles. The van der Waals surface area contributed by atoms with Gasteiger partial charge in [0, 0.05) is 18.9 Å². The number of nitrogens with zero attached hydrogens (tertiary/aromatic N) is 2. The first-order valence-corrected chi connectivity index (χ1v) is 7.88. The lowest BCUT2D eigenvalue weighted by molar-refractivity contribution is -0.139. The van der Waals surface area contributed by atoms with Crippen LogP contribution in [0.3, 0.4) is 0 Å². The maximum Gasteiger partial charge on any atom is 0.281 e. The molecule has 3 amide bonds. The number of phenols is 1. The highest BCUT2D eigenvalue weighted by molar-refractivity contribution is 6.27. The number of unbranched alkanes of at least 4 members (excludes halogenated alkanes) is 1. The monoisotopic (exact) mass is 326 g/mol. The number of carbonyl (C=O) groups excluding carboxylic acids is 3. The van der Waals surface area contributed by atoms with E-state index in [1.807, 2.05) is 6.92 Å². The Morgan fingerprint density at radius 2 is 1.83 bits per heavy atom. The molecule has 0 bridgehead atoms. The largest absolute Gasteiger partial charge is 0.507 e. The van der Waals surface area contributed by atoms with Gasteiger partial charge < -0.3 is 5.11 Å². The number of amides is 3. The molecule has 3 rings (SSSR count). The number of benzene rings is 2. The number of imide groups is 1. The van der Waals surface area contributed by atoms with E-state index in [9.17, 15) is 19.5 Å². The molecule has 0 aromatic heterocycles. The molecule has 1 aliphatic heterocycles. The standard InChI is InChI=1S/C18H18N2O4/c1-3-4-9-19(11(2)21)20-17(23)14-10-15(22)12-7-5-6-8-13(12)16(14)18(20)24/h5-8,10,22H,3-4,9H2,1-2H3. The fourth-order valence-electron chi connectivity index (χ4n) is 2.99. The lowest BCUT2D eigenvalue weighted by Crippen LogP contribution is -2.49. The second-order valence-corrected chi connectivity index (χ2v) is 5.78. The Morgan fingerprint density at radius 3 is 2.46 bits per heavy atom. The molecule has 6 heteroatoms. The summed E-state index contributed by atoms with van der Waals surface area (Å²) in [4.78, 5) is 37.5. The number of hydrogen-bond acceptors (Lipinski definition) is 4. The summed E-state index contributed by atoms with van der Waals surface area (Å²) in [5, 5.41) is 13.2. The first-order valence-electron chi connectivity index (χ1n) is 7.88. The van der Waals surface area contributed by atoms with Crippen LogP contribution in [0.1, 0.15) is 47.4 Å². The van der Waals surface area contributed by atoms with Crippen LogP contribution in [-0.2, 0) is 4.79 Å². The Hall–Kier alpha value is -2.89. The molecule has 0 fully saturated rings. The Bertz CT molecular complexity index is 859. The molecular weight excluding hydrogens is 308 g/mol. The van der Waals surface area contributed by atoms with E-state index in [-0.39, 0.29) is 22.8 Å². The van der Waals surface area contributed by atoms with Crippen LogP contribution in [0, 0.1) is 0 Å². The van der Waals surface area contributed by atoms with Gasteiger partial charge in [0.1, 0.15) is 5.75 Å². The zero-order chi connectivity index (χ0) is 17.4. The van der Waals surface area contributed by atoms with E-state index in [0.717, 1.165) is 11.4 Å². The molecule has 6 nitrogen and oxygen atoms in total. The van der Waals surface area contributed by atoms with Gasteiger partial charge in [-0.25, -0.2) is 5.01 Å². The molecule has 0 aliphatic carbocycles. The average Bonchev–Trinajstić information content (AvgIpc) is 2.80. The van der Waals surface area contributed by atoms with Crippen molar-refractivity contribution in [3.8, 4) is 5.75 Å². The summed E-state index contributed by atoms with van der Waals surface area (Å²) in [6, 6.07) is 8.16. The van der Waals surface area contributed by atoms with Crippen molar-refractivity contribution in [1.82, 2.24) is 10.0 Å². The molecule has 1 N–H and O–H groups in total. The highest BCUT2D eigenvalue weighted by Gasteiger charge is 2.42. The van der Waals surface area contributed by atoms with Crippen LogP contribution in [0.4, 0.5) is 0 Å². The minimum absolute atomic E-state index is 0.0599. The lowest BCUT2D eigenvalue weighted by Gasteiger charge is -2.28. The van der Waals surface area contributed by atoms with Gasteiger partial charge in [-0.15, -0.1) is 0 Å². The number of aromatic hydroxyl groups is 1. The van der Waals surface area contributed by atoms with Gasteiger partial charge in [0.2, 0.25) is 5.91 Å². The van der Waals surface area contributed by atoms with Gasteiger partial charge in [-0.3, -0.25) is 14.4 Å². The Balaban J connectivity index is 2.14. The Kier molecular flexibility index (Phi) is 3.97. The van der Waals surface area contributed by atoms with Crippen LogP contribution >= 0.6 is 0 Å². The van der Waals surface area contributed by atoms with Crippen molar-refractivity contribution in [2.24, 2.45) is 0 Å². The van der Waals surface area contributed by atoms with Gasteiger partial charge in [0.05, 0.1) is 11.1 Å². The van der Waals surface area contributed by atoms with E-state index in [1.165, 1.54) is 18.0 Å². The predicted octanol–water partition coefficient (Wildman–Crippen LogP) is 2.71. The van der Waals surface area contributed by atoms with Crippen LogP contribution in [0.2, 0.25) is 0 Å². The molecule has 0 unspecified atom stereocenters. The number of hydrazine groups is 1. The van der Waals surface area contributed by atoms with Crippen molar-refractivity contribution in [2.45, 2.75) is 26.7 Å². The number of hydrogen-bond donors (Lipinski definition) is 1. The van der Waals surface area contributed by atoms with Crippen LogP contribution in [0.15, 0.2) is 30.3 Å². The first-order chi connectivity index (χ1) is 11.5. The second kappa shape index (κ2) is 5.96. The van der Waals surface area contributed by atoms with E-state index >= 15 is 0 Å². The van der Waals surface area contributed by atoms with Gasteiger partial charge in [0.15, 0.2) is 0 Å². The minimum atomic E-state index is -0.581. The fraction of sp³-hybridized carbons (Fsp3) is 0.278. The molecule has 1 aliphatic rings. The molecule has 2 aromatic rings. The summed E-state index contributed by atoms with van der Waals surface area (Å²) in [6.07, 6.45) is 1.51. The molecule has 0 radical (unpaired) electrons. The van der Waals surface area contributed by atoms with Gasteiger partial charge in [-0.05, 0) is 17.9 Å². The van der Waals surface area contributed by atoms with Crippen molar-refractivity contribution < 1.29 is 19.5 Å². The van der Waals surface area contributed by atoms with Crippen LogP contribution in [-0.4, -0.2) is 39.4 Å². The molecule has 24 heavy (non-hydrogen) atoms. The zero-order valence-corrected chi connectivity index (χ0v) is 13.6. The van der Waals surface area contributed by atoms with E-state index in [2.05, 4.69) is 0 Å². The van der Waals surface area contributed by atoms with Crippen molar-refractivity contribution >= 4 is 28.5 Å². The van der Waals surface area contributed by atoms with Gasteiger partial charge in [-0.2, -0.15) is 5.01 Å². The smallest absolute Gasteiger partial charge is 0.281 e. The maximum absolute atomic E-state index is 12.9. The SMILES string of the molecule is CCCCN(C(C)=O)N1C(=O)c2cc(O)c3ccccc3c2C1=O. The summed E-state index contributed by atoms with van der Waals surface area (Å²) < 4.78 is 0. The summed E-state index contributed by atoms with van der Waals surface area (Å²) in [6.45, 7) is 3.59. The fourth-order valence-corrected chi connectivity index (χ4v) is 2.99. The topological polar surface area (TPSA) is 77.9 Å². The predicted molar refractivity (Wildman–Crippen MR) is 88.4 cm³/mol. The van der Waals surface area contributed by atoms with Gasteiger partial charge >= 0.3 is 0 Å². The Labute approximate surface area is 139 Å². The van der Waals surface area contributed by atoms with Crippen LogP contribution in [0.25, 0.3) is 10.8 Å². The van der Waals surface area contributed by atoms with Crippen molar-refractivity contribution in [1.29, 1.82) is 0 Å². The van der Waals surface area contributed by atoms with E-state index in [4.69, 9.17) is 0 Å². The normalized spacial score (nSPS) is 13.5. The third-order valence-electron chi connectivity index (χ3n) is 4.18. The number of carbonyl (C=O) groups is 3. The zero-order valence-electron chi connectivity index (χ0n) is 13.6. The minimum Gasteiger partial charge on any atom is -0.507 e. The third-order valence-corrected chi connectivity index (χ3v) is 4.18. The number of fused-ring (bicyclic) bond motifs is 3. The maximum atomic E-state index is 12.9. The lowest BCUT2D eigenvalue weighted by atomic mass is 9.99. The molecule has 0 saturated heterocycles. The quantitative estimate of drug-likeness (QED) is 0.876. The van der Waals surface area contributed by atoms with Crippen LogP contribution < -0.4 is 0 Å². The molecule has 1 heterocycles. The number of phenolic OH excluding ortho intramolecular Hbond substituents is 1. The molecule has 124 valence electrons. The van der Waals surface area contributed by atoms with Crippen molar-refractivity contribution in [3.63, 3.8) is 0 Å². The van der Waals surface area contributed by atoms with Gasteiger partial charge in [-0.1, -0.05) is 37.6 Å². The molecule has 0 spiro atoms. The van der Waals surface area contributed by atoms with E-state index < -0.39 is 11.8 Å². The van der Waals surface area contributed by atoms with Crippen molar-refractivity contribution in [2.75, 3.05) is 6.54 Å². The van der Waals surface area contributed by atoms with E-state index in [1.54, 1.807) is 24.3 Å². The summed E-state index contributed by atoms with van der Waals surface area (Å²) in [5.74, 6) is -1.54. The highest BCUT2D eigenvalue weighted by Crippen LogP contribution is 2.36. The van der Waals surface area contributed by atoms with E-state index in [0.29, 0.717) is 23.7 Å². The molecule has 2 aromatic carbocycles. The third kappa shape index (κ3) is 2.31. The first kappa shape index (κ1) is 16.0. The number of rotatable bonds is 4. The molecule has 0 atom stereocenters. The second-order valence-electron chi connectivity index (χ2n) is 5.78. The summed E-state index contributed by atoms with van der Waals surface area (Å²) in [5.41, 5.74) is 0.357. The average molecular weight is 326 g/mol. The summed E-state index contributed by atoms with van der Waals surface area (Å²) >= 11 is 0. The van der Waals surface area contributed by atoms with Crippen molar-refractivity contribution in [3.05, 3.63) is 41.5 Å². The highest BCUT2D eigenvalue weighted by atomic mass is 16.3. The molecular formula is C18H18N2O4. The summed E-state index contributed by atoms with van der Waals surface area (Å²) in [7, 11) is 0.